The highest BCUT2D eigenvalue weighted by molar-refractivity contribution is 5.97. The third-order valence-electron chi connectivity index (χ3n) is 8.10. The van der Waals surface area contributed by atoms with Crippen LogP contribution in [-0.4, -0.2) is 59.6 Å². The van der Waals surface area contributed by atoms with Crippen LogP contribution in [0, 0.1) is 13.8 Å². The lowest BCUT2D eigenvalue weighted by Crippen LogP contribution is -2.48. The Labute approximate surface area is 274 Å². The van der Waals surface area contributed by atoms with Gasteiger partial charge >= 0.3 is 6.09 Å². The summed E-state index contributed by atoms with van der Waals surface area (Å²) in [6.45, 7) is 7.29. The molecule has 2 heterocycles. The number of anilines is 5. The van der Waals surface area contributed by atoms with Crippen LogP contribution in [0.15, 0.2) is 109 Å². The summed E-state index contributed by atoms with van der Waals surface area (Å²) < 4.78 is 6.02. The number of piperazine rings is 1. The lowest BCUT2D eigenvalue weighted by Gasteiger charge is -2.35. The largest absolute Gasteiger partial charge is 0.425 e. The molecule has 10 nitrogen and oxygen atoms in total. The van der Waals surface area contributed by atoms with Crippen LogP contribution >= 0.6 is 0 Å². The second kappa shape index (κ2) is 14.1. The maximum Gasteiger partial charge on any atom is 0.425 e. The Morgan fingerprint density at radius 1 is 0.830 bits per heavy atom. The number of nitrogens with one attached hydrogen (secondary N) is 1. The normalized spacial score (nSPS) is 13.2. The van der Waals surface area contributed by atoms with Gasteiger partial charge in [0.2, 0.25) is 11.9 Å². The van der Waals surface area contributed by atoms with Crippen LogP contribution in [0.2, 0.25) is 0 Å². The molecular weight excluding hydrogens is 590 g/mol. The summed E-state index contributed by atoms with van der Waals surface area (Å²) in [5.41, 5.74) is 11.5. The number of para-hydroxylation sites is 1. The molecule has 238 valence electrons. The number of ether oxygens (including phenoxy) is 1. The van der Waals surface area contributed by atoms with Gasteiger partial charge in [-0.15, -0.1) is 0 Å². The van der Waals surface area contributed by atoms with E-state index in [1.165, 1.54) is 4.90 Å². The molecule has 1 aromatic heterocycles. The molecule has 0 radical (unpaired) electrons. The predicted octanol–water partition coefficient (Wildman–Crippen LogP) is 6.45. The van der Waals surface area contributed by atoms with E-state index in [0.717, 1.165) is 59.8 Å². The first-order valence-electron chi connectivity index (χ1n) is 15.5. The Morgan fingerprint density at radius 2 is 1.51 bits per heavy atom. The fourth-order valence-electron chi connectivity index (χ4n) is 5.68. The number of hydrogen-bond acceptors (Lipinski definition) is 8. The second-order valence-corrected chi connectivity index (χ2v) is 11.5. The average Bonchev–Trinajstić information content (AvgIpc) is 3.08. The van der Waals surface area contributed by atoms with Gasteiger partial charge in [-0.3, -0.25) is 9.69 Å². The first-order valence-corrected chi connectivity index (χ1v) is 15.5. The van der Waals surface area contributed by atoms with Crippen molar-refractivity contribution in [3.8, 4) is 16.9 Å². The minimum atomic E-state index is -0.586. The Morgan fingerprint density at radius 3 is 2.21 bits per heavy atom. The van der Waals surface area contributed by atoms with Crippen molar-refractivity contribution in [3.05, 3.63) is 120 Å². The summed E-state index contributed by atoms with van der Waals surface area (Å²) >= 11 is 0. The number of carbonyl (C=O) groups excluding carboxylic acids is 2. The molecule has 0 saturated carbocycles. The number of benzene rings is 4. The summed E-state index contributed by atoms with van der Waals surface area (Å²) in [6.07, 6.45) is 1.03. The van der Waals surface area contributed by atoms with Gasteiger partial charge in [0.15, 0.2) is 0 Å². The van der Waals surface area contributed by atoms with Crippen LogP contribution in [0.25, 0.3) is 11.1 Å². The quantitative estimate of drug-likeness (QED) is 0.192. The number of hydrogen-bond donors (Lipinski definition) is 2. The third kappa shape index (κ3) is 7.57. The zero-order valence-electron chi connectivity index (χ0n) is 26.5. The van der Waals surface area contributed by atoms with Crippen LogP contribution in [0.4, 0.5) is 33.6 Å². The number of primary amides is 1. The molecule has 1 aliphatic heterocycles. The predicted molar refractivity (Wildman–Crippen MR) is 186 cm³/mol. The molecule has 4 aromatic carbocycles. The Bertz CT molecular complexity index is 1840. The first kappa shape index (κ1) is 31.3. The van der Waals surface area contributed by atoms with Gasteiger partial charge in [0.1, 0.15) is 11.6 Å². The fourth-order valence-corrected chi connectivity index (χ4v) is 5.68. The molecule has 0 unspecified atom stereocenters. The van der Waals surface area contributed by atoms with Crippen molar-refractivity contribution in [1.29, 1.82) is 0 Å². The van der Waals surface area contributed by atoms with Crippen molar-refractivity contribution in [2.75, 3.05) is 47.8 Å². The van der Waals surface area contributed by atoms with E-state index in [2.05, 4.69) is 20.1 Å². The van der Waals surface area contributed by atoms with E-state index in [-0.39, 0.29) is 12.5 Å². The van der Waals surface area contributed by atoms with E-state index in [9.17, 15) is 9.59 Å². The van der Waals surface area contributed by atoms with Gasteiger partial charge in [0.25, 0.3) is 0 Å². The van der Waals surface area contributed by atoms with Crippen molar-refractivity contribution in [1.82, 2.24) is 14.9 Å². The summed E-state index contributed by atoms with van der Waals surface area (Å²) in [4.78, 5) is 40.2. The molecule has 47 heavy (non-hydrogen) atoms. The zero-order chi connectivity index (χ0) is 32.8. The lowest BCUT2D eigenvalue weighted by molar-refractivity contribution is -0.119. The summed E-state index contributed by atoms with van der Waals surface area (Å²) in [7, 11) is 0. The summed E-state index contributed by atoms with van der Waals surface area (Å²) in [6, 6.07) is 33.2. The molecule has 0 aliphatic carbocycles. The SMILES string of the molecule is Cc1cccc(C)c1OC(=O)N(c1cccc(-c2ccccc2)c1)c1ccnc(Nc2ccc(N3CCN(CC(N)=O)CC3)cc2)n1. The van der Waals surface area contributed by atoms with Crippen LogP contribution in [-0.2, 0) is 4.79 Å². The number of amides is 2. The van der Waals surface area contributed by atoms with Gasteiger partial charge in [-0.2, -0.15) is 4.98 Å². The molecular formula is C37H37N7O3. The Balaban J connectivity index is 1.25. The van der Waals surface area contributed by atoms with Crippen LogP contribution in [0.3, 0.4) is 0 Å². The number of aromatic nitrogens is 2. The van der Waals surface area contributed by atoms with Crippen LogP contribution in [0.1, 0.15) is 11.1 Å². The van der Waals surface area contributed by atoms with Gasteiger partial charge in [0, 0.05) is 49.8 Å². The van der Waals surface area contributed by atoms with Gasteiger partial charge in [-0.25, -0.2) is 14.7 Å². The summed E-state index contributed by atoms with van der Waals surface area (Å²) in [5, 5.41) is 3.27. The number of nitrogens with zero attached hydrogens (tertiary/aromatic N) is 5. The highest BCUT2D eigenvalue weighted by Crippen LogP contribution is 2.32. The molecule has 2 amide bonds. The van der Waals surface area contributed by atoms with Crippen molar-refractivity contribution >= 4 is 40.8 Å². The van der Waals surface area contributed by atoms with Gasteiger partial charge in [-0.1, -0.05) is 60.7 Å². The molecule has 5 aromatic rings. The van der Waals surface area contributed by atoms with Gasteiger partial charge in [0.05, 0.1) is 12.2 Å². The maximum atomic E-state index is 14.0. The first-order chi connectivity index (χ1) is 22.8. The van der Waals surface area contributed by atoms with E-state index in [1.807, 2.05) is 111 Å². The number of aryl methyl sites for hydroxylation is 2. The van der Waals surface area contributed by atoms with Gasteiger partial charge < -0.3 is 20.7 Å². The van der Waals surface area contributed by atoms with E-state index < -0.39 is 6.09 Å². The average molecular weight is 628 g/mol. The Kier molecular flexibility index (Phi) is 9.40. The van der Waals surface area contributed by atoms with Crippen LogP contribution < -0.4 is 25.6 Å². The second-order valence-electron chi connectivity index (χ2n) is 11.5. The highest BCUT2D eigenvalue weighted by Gasteiger charge is 2.24. The fraction of sp³-hybridized carbons (Fsp3) is 0.189. The topological polar surface area (TPSA) is 117 Å². The summed E-state index contributed by atoms with van der Waals surface area (Å²) in [5.74, 6) is 0.902. The van der Waals surface area contributed by atoms with Crippen molar-refractivity contribution in [3.63, 3.8) is 0 Å². The number of rotatable bonds is 9. The molecule has 0 atom stereocenters. The van der Waals surface area contributed by atoms with Gasteiger partial charge in [-0.05, 0) is 72.5 Å². The molecule has 3 N–H and O–H groups in total. The molecule has 6 rings (SSSR count). The molecule has 0 spiro atoms. The third-order valence-corrected chi connectivity index (χ3v) is 8.10. The monoisotopic (exact) mass is 627 g/mol. The number of nitrogens with two attached hydrogens (primary N) is 1. The van der Waals surface area contributed by atoms with Crippen molar-refractivity contribution in [2.24, 2.45) is 5.73 Å². The van der Waals surface area contributed by atoms with Crippen molar-refractivity contribution in [2.45, 2.75) is 13.8 Å². The lowest BCUT2D eigenvalue weighted by atomic mass is 10.1. The molecule has 1 fully saturated rings. The smallest absolute Gasteiger partial charge is 0.409 e. The Hall–Kier alpha value is -5.74. The molecule has 1 saturated heterocycles. The van der Waals surface area contributed by atoms with Crippen LogP contribution in [0.5, 0.6) is 5.75 Å². The van der Waals surface area contributed by atoms with Crippen molar-refractivity contribution < 1.29 is 14.3 Å². The number of carbonyl (C=O) groups is 2. The zero-order valence-corrected chi connectivity index (χ0v) is 26.5. The van der Waals surface area contributed by atoms with E-state index in [4.69, 9.17) is 15.5 Å². The van der Waals surface area contributed by atoms with E-state index in [0.29, 0.717) is 23.2 Å². The minimum absolute atomic E-state index is 0.287. The van der Waals surface area contributed by atoms with E-state index >= 15 is 0 Å². The molecule has 10 heteroatoms. The highest BCUT2D eigenvalue weighted by atomic mass is 16.6. The van der Waals surface area contributed by atoms with E-state index in [1.54, 1.807) is 12.3 Å². The molecule has 0 bridgehead atoms. The minimum Gasteiger partial charge on any atom is -0.409 e. The standard InChI is InChI=1S/C37H37N7O3/c1-26-8-6-9-27(2)35(26)47-37(46)44(32-13-7-12-29(24-32)28-10-4-3-5-11-28)34-18-19-39-36(41-34)40-30-14-16-31(17-15-30)43-22-20-42(21-23-43)25-33(38)45/h3-19,24H,20-23,25H2,1-2H3,(H2,38,45)(H,39,40,41). The molecule has 1 aliphatic rings. The maximum absolute atomic E-state index is 14.0.